The van der Waals surface area contributed by atoms with Gasteiger partial charge in [-0.1, -0.05) is 18.2 Å². The first-order chi connectivity index (χ1) is 7.76. The van der Waals surface area contributed by atoms with E-state index in [0.29, 0.717) is 18.6 Å². The van der Waals surface area contributed by atoms with Crippen LogP contribution in [0.3, 0.4) is 0 Å². The average Bonchev–Trinajstić information content (AvgIpc) is 2.30. The Morgan fingerprint density at radius 1 is 1.56 bits per heavy atom. The highest BCUT2D eigenvalue weighted by Gasteiger charge is 1.95. The van der Waals surface area contributed by atoms with Crippen molar-refractivity contribution in [1.82, 2.24) is 0 Å². The van der Waals surface area contributed by atoms with Crippen LogP contribution in [0.15, 0.2) is 36.4 Å². The Labute approximate surface area is 95.0 Å². The molecule has 82 valence electrons. The van der Waals surface area contributed by atoms with E-state index in [1.807, 2.05) is 12.1 Å². The van der Waals surface area contributed by atoms with Gasteiger partial charge in [-0.25, -0.2) is 4.79 Å². The Morgan fingerprint density at radius 3 is 3.06 bits per heavy atom. The zero-order chi connectivity index (χ0) is 11.8. The molecule has 0 aromatic heterocycles. The molecule has 0 amide bonds. The number of carbonyl (C=O) groups is 1. The van der Waals surface area contributed by atoms with Crippen molar-refractivity contribution in [3.8, 4) is 6.07 Å². The van der Waals surface area contributed by atoms with E-state index in [0.717, 1.165) is 5.56 Å². The molecule has 1 aromatic rings. The highest BCUT2D eigenvalue weighted by molar-refractivity contribution is 5.81. The number of esters is 1. The molecule has 1 rings (SSSR count). The summed E-state index contributed by atoms with van der Waals surface area (Å²) in [5, 5.41) is 8.70. The predicted molar refractivity (Wildman–Crippen MR) is 60.6 cm³/mol. The second-order valence-electron chi connectivity index (χ2n) is 3.17. The van der Waals surface area contributed by atoms with Crippen LogP contribution >= 0.6 is 0 Å². The molecule has 0 spiro atoms. The zero-order valence-electron chi connectivity index (χ0n) is 9.14. The van der Waals surface area contributed by atoms with E-state index in [9.17, 15) is 4.79 Å². The molecule has 0 unspecified atom stereocenters. The van der Waals surface area contributed by atoms with Crippen molar-refractivity contribution in [2.75, 3.05) is 6.61 Å². The Bertz CT molecular complexity index is 430. The molecular weight excluding hydrogens is 202 g/mol. The summed E-state index contributed by atoms with van der Waals surface area (Å²) in [7, 11) is 0. The highest BCUT2D eigenvalue weighted by atomic mass is 16.5. The molecular formula is C13H13NO2. The third-order valence-corrected chi connectivity index (χ3v) is 1.95. The molecule has 0 saturated carbocycles. The molecule has 3 heteroatoms. The van der Waals surface area contributed by atoms with Crippen molar-refractivity contribution < 1.29 is 9.53 Å². The molecule has 0 bridgehead atoms. The van der Waals surface area contributed by atoms with Crippen molar-refractivity contribution in [3.05, 3.63) is 47.5 Å². The van der Waals surface area contributed by atoms with Gasteiger partial charge >= 0.3 is 5.97 Å². The number of nitriles is 1. The van der Waals surface area contributed by atoms with Gasteiger partial charge in [0, 0.05) is 6.08 Å². The monoisotopic (exact) mass is 215 g/mol. The first kappa shape index (κ1) is 12.0. The molecule has 0 fully saturated rings. The van der Waals surface area contributed by atoms with Crippen molar-refractivity contribution in [2.24, 2.45) is 0 Å². The lowest BCUT2D eigenvalue weighted by atomic mass is 10.1. The SMILES string of the molecule is CCOC(=O)/C=C/Cc1cccc(C#N)c1. The Balaban J connectivity index is 2.54. The van der Waals surface area contributed by atoms with Crippen LogP contribution in [-0.4, -0.2) is 12.6 Å². The smallest absolute Gasteiger partial charge is 0.330 e. The summed E-state index contributed by atoms with van der Waals surface area (Å²) in [6.45, 7) is 2.15. The lowest BCUT2D eigenvalue weighted by molar-refractivity contribution is -0.137. The second kappa shape index (κ2) is 6.41. The van der Waals surface area contributed by atoms with E-state index in [1.54, 1.807) is 25.1 Å². The fourth-order valence-electron chi connectivity index (χ4n) is 1.25. The Kier molecular flexibility index (Phi) is 4.81. The van der Waals surface area contributed by atoms with Crippen molar-refractivity contribution in [3.63, 3.8) is 0 Å². The fourth-order valence-corrected chi connectivity index (χ4v) is 1.25. The van der Waals surface area contributed by atoms with Crippen LogP contribution in [0.25, 0.3) is 0 Å². The van der Waals surface area contributed by atoms with Gasteiger partial charge in [-0.3, -0.25) is 0 Å². The van der Waals surface area contributed by atoms with Gasteiger partial charge < -0.3 is 4.74 Å². The maximum Gasteiger partial charge on any atom is 0.330 e. The number of benzene rings is 1. The summed E-state index contributed by atoms with van der Waals surface area (Å²) in [6, 6.07) is 9.36. The number of ether oxygens (including phenoxy) is 1. The number of carbonyl (C=O) groups excluding carboxylic acids is 1. The Morgan fingerprint density at radius 2 is 2.38 bits per heavy atom. The quantitative estimate of drug-likeness (QED) is 0.571. The number of hydrogen-bond donors (Lipinski definition) is 0. The van der Waals surface area contributed by atoms with Crippen LogP contribution in [-0.2, 0) is 16.0 Å². The second-order valence-corrected chi connectivity index (χ2v) is 3.17. The fraction of sp³-hybridized carbons (Fsp3) is 0.231. The summed E-state index contributed by atoms with van der Waals surface area (Å²) >= 11 is 0. The first-order valence-corrected chi connectivity index (χ1v) is 5.08. The van der Waals surface area contributed by atoms with E-state index >= 15 is 0 Å². The summed E-state index contributed by atoms with van der Waals surface area (Å²) in [5.74, 6) is -0.334. The van der Waals surface area contributed by atoms with Crippen LogP contribution in [0.5, 0.6) is 0 Å². The molecule has 0 heterocycles. The highest BCUT2D eigenvalue weighted by Crippen LogP contribution is 2.05. The molecule has 16 heavy (non-hydrogen) atoms. The third-order valence-electron chi connectivity index (χ3n) is 1.95. The molecule has 0 aliphatic carbocycles. The third kappa shape index (κ3) is 3.97. The van der Waals surface area contributed by atoms with E-state index in [-0.39, 0.29) is 5.97 Å². The number of allylic oxidation sites excluding steroid dienone is 1. The minimum Gasteiger partial charge on any atom is -0.463 e. The summed E-state index contributed by atoms with van der Waals surface area (Å²) in [6.07, 6.45) is 3.76. The lowest BCUT2D eigenvalue weighted by Crippen LogP contribution is -1.99. The first-order valence-electron chi connectivity index (χ1n) is 5.08. The maximum absolute atomic E-state index is 11.0. The minimum absolute atomic E-state index is 0.334. The van der Waals surface area contributed by atoms with Crippen LogP contribution in [0, 0.1) is 11.3 Å². The molecule has 0 aliphatic heterocycles. The van der Waals surface area contributed by atoms with E-state index in [1.165, 1.54) is 6.08 Å². The van der Waals surface area contributed by atoms with Gasteiger partial charge in [0.1, 0.15) is 0 Å². The van der Waals surface area contributed by atoms with Gasteiger partial charge in [0.15, 0.2) is 0 Å². The molecule has 3 nitrogen and oxygen atoms in total. The molecule has 0 aliphatic rings. The van der Waals surface area contributed by atoms with Crippen LogP contribution in [0.1, 0.15) is 18.1 Å². The van der Waals surface area contributed by atoms with Crippen molar-refractivity contribution in [2.45, 2.75) is 13.3 Å². The summed E-state index contributed by atoms with van der Waals surface area (Å²) in [4.78, 5) is 11.0. The van der Waals surface area contributed by atoms with Crippen LogP contribution in [0.2, 0.25) is 0 Å². The lowest BCUT2D eigenvalue weighted by Gasteiger charge is -1.97. The van der Waals surface area contributed by atoms with Gasteiger partial charge in [0.05, 0.1) is 18.2 Å². The summed E-state index contributed by atoms with van der Waals surface area (Å²) in [5.41, 5.74) is 1.63. The molecule has 0 radical (unpaired) electrons. The molecule has 1 aromatic carbocycles. The average molecular weight is 215 g/mol. The molecule has 0 N–H and O–H groups in total. The standard InChI is InChI=1S/C13H13NO2/c1-2-16-13(15)8-4-6-11-5-3-7-12(9-11)10-14/h3-5,7-9H,2,6H2,1H3/b8-4+. The van der Waals surface area contributed by atoms with E-state index < -0.39 is 0 Å². The van der Waals surface area contributed by atoms with Gasteiger partial charge in [0.25, 0.3) is 0 Å². The molecule has 0 atom stereocenters. The number of nitrogens with zero attached hydrogens (tertiary/aromatic N) is 1. The van der Waals surface area contributed by atoms with E-state index in [4.69, 9.17) is 10.00 Å². The van der Waals surface area contributed by atoms with Crippen molar-refractivity contribution >= 4 is 5.97 Å². The minimum atomic E-state index is -0.334. The predicted octanol–water partition coefficient (Wildman–Crippen LogP) is 2.22. The van der Waals surface area contributed by atoms with Crippen molar-refractivity contribution in [1.29, 1.82) is 5.26 Å². The van der Waals surface area contributed by atoms with Gasteiger partial charge in [0.2, 0.25) is 0 Å². The largest absolute Gasteiger partial charge is 0.463 e. The molecule has 0 saturated heterocycles. The van der Waals surface area contributed by atoms with E-state index in [2.05, 4.69) is 6.07 Å². The van der Waals surface area contributed by atoms with Crippen LogP contribution in [0.4, 0.5) is 0 Å². The Hall–Kier alpha value is -2.08. The van der Waals surface area contributed by atoms with Gasteiger partial charge in [-0.15, -0.1) is 0 Å². The van der Waals surface area contributed by atoms with Gasteiger partial charge in [-0.05, 0) is 31.0 Å². The number of rotatable bonds is 4. The maximum atomic E-state index is 11.0. The topological polar surface area (TPSA) is 50.1 Å². The van der Waals surface area contributed by atoms with Gasteiger partial charge in [-0.2, -0.15) is 5.26 Å². The number of hydrogen-bond acceptors (Lipinski definition) is 3. The zero-order valence-corrected chi connectivity index (χ0v) is 9.14. The normalized spacial score (nSPS) is 10.0. The summed E-state index contributed by atoms with van der Waals surface area (Å²) < 4.78 is 4.75. The van der Waals surface area contributed by atoms with Crippen LogP contribution < -0.4 is 0 Å².